The lowest BCUT2D eigenvalue weighted by Gasteiger charge is -2.37. The number of nitriles is 1. The van der Waals surface area contributed by atoms with Gasteiger partial charge in [0.25, 0.3) is 5.91 Å². The molecule has 7 nitrogen and oxygen atoms in total. The molecule has 28 heavy (non-hydrogen) atoms. The Morgan fingerprint density at radius 2 is 1.82 bits per heavy atom. The van der Waals surface area contributed by atoms with Crippen LogP contribution in [0.5, 0.6) is 0 Å². The molecule has 0 radical (unpaired) electrons. The second kappa shape index (κ2) is 6.40. The van der Waals surface area contributed by atoms with Gasteiger partial charge in [0.05, 0.1) is 28.1 Å². The standard InChI is InChI=1S/C20H20N4O3S/c1-12-6-15(9-21)7-13(2)19(12)28(26,27)23-4-5-24-18(11-23)16-8-14(3)22-10-17(16)20(24)25/h6-8,10,18H,4-5,11H2,1-3H3. The van der Waals surface area contributed by atoms with Gasteiger partial charge in [-0.1, -0.05) is 0 Å². The van der Waals surface area contributed by atoms with E-state index in [0.29, 0.717) is 28.8 Å². The van der Waals surface area contributed by atoms with Crippen LogP contribution in [0, 0.1) is 32.1 Å². The molecule has 1 unspecified atom stereocenters. The summed E-state index contributed by atoms with van der Waals surface area (Å²) < 4.78 is 28.3. The van der Waals surface area contributed by atoms with Crippen molar-refractivity contribution in [3.8, 4) is 6.07 Å². The third kappa shape index (κ3) is 2.70. The molecule has 0 saturated carbocycles. The first-order valence-electron chi connectivity index (χ1n) is 9.03. The van der Waals surface area contributed by atoms with Gasteiger partial charge in [-0.2, -0.15) is 9.57 Å². The van der Waals surface area contributed by atoms with Gasteiger partial charge in [-0.15, -0.1) is 0 Å². The molecule has 8 heteroatoms. The van der Waals surface area contributed by atoms with Crippen LogP contribution in [0.3, 0.4) is 0 Å². The zero-order valence-electron chi connectivity index (χ0n) is 15.9. The highest BCUT2D eigenvalue weighted by Gasteiger charge is 2.43. The van der Waals surface area contributed by atoms with Gasteiger partial charge in [-0.3, -0.25) is 9.78 Å². The lowest BCUT2D eigenvalue weighted by Crippen LogP contribution is -2.49. The smallest absolute Gasteiger partial charge is 0.256 e. The van der Waals surface area contributed by atoms with Crippen molar-refractivity contribution in [2.75, 3.05) is 19.6 Å². The van der Waals surface area contributed by atoms with Gasteiger partial charge in [0.2, 0.25) is 10.0 Å². The lowest BCUT2D eigenvalue weighted by atomic mass is 10.1. The van der Waals surface area contributed by atoms with Crippen molar-refractivity contribution in [2.24, 2.45) is 0 Å². The summed E-state index contributed by atoms with van der Waals surface area (Å²) in [6.07, 6.45) is 1.58. The number of aryl methyl sites for hydroxylation is 3. The Labute approximate surface area is 164 Å². The van der Waals surface area contributed by atoms with Crippen molar-refractivity contribution < 1.29 is 13.2 Å². The molecule has 0 aliphatic carbocycles. The topological polar surface area (TPSA) is 94.4 Å². The average Bonchev–Trinajstić information content (AvgIpc) is 2.92. The van der Waals surface area contributed by atoms with Crippen LogP contribution in [0.15, 0.2) is 29.3 Å². The van der Waals surface area contributed by atoms with Crippen LogP contribution >= 0.6 is 0 Å². The molecule has 0 spiro atoms. The molecule has 1 fully saturated rings. The quantitative estimate of drug-likeness (QED) is 0.775. The molecule has 3 heterocycles. The average molecular weight is 396 g/mol. The van der Waals surface area contributed by atoms with Crippen LogP contribution in [0.4, 0.5) is 0 Å². The van der Waals surface area contributed by atoms with Crippen molar-refractivity contribution in [1.82, 2.24) is 14.2 Å². The van der Waals surface area contributed by atoms with Crippen molar-refractivity contribution in [3.05, 3.63) is 57.9 Å². The normalized spacial score (nSPS) is 19.3. The second-order valence-electron chi connectivity index (χ2n) is 7.34. The molecule has 4 rings (SSSR count). The van der Waals surface area contributed by atoms with Gasteiger partial charge in [-0.25, -0.2) is 8.42 Å². The van der Waals surface area contributed by atoms with Crippen LogP contribution in [-0.4, -0.2) is 48.1 Å². The van der Waals surface area contributed by atoms with Gasteiger partial charge in [-0.05, 0) is 55.7 Å². The number of rotatable bonds is 2. The predicted octanol–water partition coefficient (Wildman–Crippen LogP) is 2.08. The summed E-state index contributed by atoms with van der Waals surface area (Å²) in [7, 11) is -3.75. The van der Waals surface area contributed by atoms with Crippen molar-refractivity contribution in [1.29, 1.82) is 5.26 Å². The third-order valence-corrected chi connectivity index (χ3v) is 7.62. The molecule has 1 saturated heterocycles. The van der Waals surface area contributed by atoms with Crippen molar-refractivity contribution >= 4 is 15.9 Å². The van der Waals surface area contributed by atoms with Crippen LogP contribution in [0.1, 0.15) is 44.3 Å². The van der Waals surface area contributed by atoms with Gasteiger partial charge >= 0.3 is 0 Å². The highest BCUT2D eigenvalue weighted by Crippen LogP contribution is 2.38. The van der Waals surface area contributed by atoms with E-state index >= 15 is 0 Å². The summed E-state index contributed by atoms with van der Waals surface area (Å²) in [6, 6.07) is 6.82. The monoisotopic (exact) mass is 396 g/mol. The lowest BCUT2D eigenvalue weighted by molar-refractivity contribution is 0.0628. The molecule has 2 aliphatic rings. The maximum Gasteiger partial charge on any atom is 0.256 e. The van der Waals surface area contributed by atoms with E-state index in [1.165, 1.54) is 4.31 Å². The van der Waals surface area contributed by atoms with E-state index in [2.05, 4.69) is 11.1 Å². The zero-order chi connectivity index (χ0) is 20.2. The Hall–Kier alpha value is -2.76. The fourth-order valence-corrected chi connectivity index (χ4v) is 6.08. The number of aromatic nitrogens is 1. The third-order valence-electron chi connectivity index (χ3n) is 5.45. The van der Waals surface area contributed by atoms with Crippen LogP contribution in [0.2, 0.25) is 0 Å². The highest BCUT2D eigenvalue weighted by atomic mass is 32.2. The Bertz CT molecular complexity index is 1130. The first-order chi connectivity index (χ1) is 13.2. The number of hydrogen-bond acceptors (Lipinski definition) is 5. The summed E-state index contributed by atoms with van der Waals surface area (Å²) in [5.74, 6) is -0.0877. The number of piperazine rings is 1. The number of amides is 1. The van der Waals surface area contributed by atoms with E-state index in [-0.39, 0.29) is 29.9 Å². The summed E-state index contributed by atoms with van der Waals surface area (Å²) in [5.41, 5.74) is 3.75. The molecule has 0 bridgehead atoms. The number of nitrogens with zero attached hydrogens (tertiary/aromatic N) is 4. The Morgan fingerprint density at radius 3 is 2.46 bits per heavy atom. The minimum absolute atomic E-state index is 0.0877. The van der Waals surface area contributed by atoms with E-state index in [1.54, 1.807) is 37.1 Å². The Kier molecular flexibility index (Phi) is 4.25. The summed E-state index contributed by atoms with van der Waals surface area (Å²) in [4.78, 5) is 18.8. The van der Waals surface area contributed by atoms with Crippen molar-refractivity contribution in [3.63, 3.8) is 0 Å². The van der Waals surface area contributed by atoms with Gasteiger partial charge in [0, 0.05) is 31.5 Å². The number of carbonyl (C=O) groups excluding carboxylic acids is 1. The maximum atomic E-state index is 13.4. The molecule has 1 aromatic heterocycles. The zero-order valence-corrected chi connectivity index (χ0v) is 16.7. The van der Waals surface area contributed by atoms with E-state index < -0.39 is 10.0 Å². The molecule has 1 amide bonds. The second-order valence-corrected chi connectivity index (χ2v) is 9.22. The van der Waals surface area contributed by atoms with E-state index in [9.17, 15) is 13.2 Å². The minimum Gasteiger partial charge on any atom is -0.329 e. The maximum absolute atomic E-state index is 13.4. The molecular weight excluding hydrogens is 376 g/mol. The largest absolute Gasteiger partial charge is 0.329 e. The van der Waals surface area contributed by atoms with Crippen LogP contribution in [0.25, 0.3) is 0 Å². The van der Waals surface area contributed by atoms with Gasteiger partial charge in [0.15, 0.2) is 0 Å². The molecule has 0 N–H and O–H groups in total. The SMILES string of the molecule is Cc1cc2c(cn1)C(=O)N1CCN(S(=O)(=O)c3c(C)cc(C#N)cc3C)CC21. The number of fused-ring (bicyclic) bond motifs is 3. The number of sulfonamides is 1. The molecule has 1 aromatic carbocycles. The first kappa shape index (κ1) is 18.6. The van der Waals surface area contributed by atoms with Gasteiger partial charge in [0.1, 0.15) is 0 Å². The van der Waals surface area contributed by atoms with Crippen molar-refractivity contribution in [2.45, 2.75) is 31.7 Å². The van der Waals surface area contributed by atoms with E-state index in [4.69, 9.17) is 5.26 Å². The first-order valence-corrected chi connectivity index (χ1v) is 10.5. The number of benzene rings is 1. The molecular formula is C20H20N4O3S. The molecule has 1 atom stereocenters. The summed E-state index contributed by atoms with van der Waals surface area (Å²) in [6.45, 7) is 6.06. The minimum atomic E-state index is -3.75. The van der Waals surface area contributed by atoms with Gasteiger partial charge < -0.3 is 4.90 Å². The fourth-order valence-electron chi connectivity index (χ4n) is 4.23. The number of carbonyl (C=O) groups is 1. The molecule has 2 aliphatic heterocycles. The number of hydrogen-bond donors (Lipinski definition) is 0. The molecule has 144 valence electrons. The Balaban J connectivity index is 1.73. The number of pyridine rings is 1. The van der Waals surface area contributed by atoms with Crippen LogP contribution in [-0.2, 0) is 10.0 Å². The summed E-state index contributed by atoms with van der Waals surface area (Å²) >= 11 is 0. The van der Waals surface area contributed by atoms with E-state index in [1.807, 2.05) is 13.0 Å². The predicted molar refractivity (Wildman–Crippen MR) is 102 cm³/mol. The fraction of sp³-hybridized carbons (Fsp3) is 0.350. The van der Waals surface area contributed by atoms with E-state index in [0.717, 1.165) is 11.3 Å². The summed E-state index contributed by atoms with van der Waals surface area (Å²) in [5, 5.41) is 9.12. The molecule has 2 aromatic rings. The highest BCUT2D eigenvalue weighted by molar-refractivity contribution is 7.89. The Morgan fingerprint density at radius 1 is 1.14 bits per heavy atom. The van der Waals surface area contributed by atoms with Crippen LogP contribution < -0.4 is 0 Å².